The van der Waals surface area contributed by atoms with Crippen LogP contribution in [0.15, 0.2) is 35.6 Å². The summed E-state index contributed by atoms with van der Waals surface area (Å²) in [7, 11) is 0. The Kier molecular flexibility index (Phi) is 9.34. The second kappa shape index (κ2) is 11.5. The number of alkyl halides is 3. The first-order valence-electron chi connectivity index (χ1n) is 9.74. The number of nitrogens with one attached hydrogen (secondary N) is 2. The number of hydrogen-bond donors (Lipinski definition) is 3. The van der Waals surface area contributed by atoms with Crippen LogP contribution in [0.5, 0.6) is 5.75 Å². The van der Waals surface area contributed by atoms with Crippen molar-refractivity contribution in [1.82, 2.24) is 25.4 Å². The number of guanidine groups is 1. The molecule has 12 heteroatoms. The van der Waals surface area contributed by atoms with Crippen LogP contribution in [0, 0.1) is 0 Å². The van der Waals surface area contributed by atoms with Crippen molar-refractivity contribution in [2.45, 2.75) is 44.6 Å². The van der Waals surface area contributed by atoms with Gasteiger partial charge in [-0.2, -0.15) is 18.3 Å². The summed E-state index contributed by atoms with van der Waals surface area (Å²) in [4.78, 5) is 8.56. The van der Waals surface area contributed by atoms with Crippen molar-refractivity contribution in [2.24, 2.45) is 4.99 Å². The summed E-state index contributed by atoms with van der Waals surface area (Å²) in [6.07, 6.45) is -2.18. The Balaban J connectivity index is 0.00000341. The average Bonchev–Trinajstić information content (AvgIpc) is 3.18. The number of aliphatic hydroxyl groups is 1. The van der Waals surface area contributed by atoms with E-state index in [1.807, 2.05) is 11.6 Å². The van der Waals surface area contributed by atoms with Gasteiger partial charge in [-0.3, -0.25) is 4.99 Å². The third-order valence-corrected chi connectivity index (χ3v) is 4.55. The summed E-state index contributed by atoms with van der Waals surface area (Å²) < 4.78 is 45.4. The molecular weight excluding hydrogens is 528 g/mol. The molecule has 0 saturated carbocycles. The first-order valence-corrected chi connectivity index (χ1v) is 9.74. The molecule has 0 bridgehead atoms. The Morgan fingerprint density at radius 2 is 2.23 bits per heavy atom. The van der Waals surface area contributed by atoms with Crippen LogP contribution in [-0.2, 0) is 19.1 Å². The second-order valence-electron chi connectivity index (χ2n) is 6.95. The maximum atomic E-state index is 12.8. The van der Waals surface area contributed by atoms with Crippen LogP contribution < -0.4 is 15.4 Å². The van der Waals surface area contributed by atoms with Gasteiger partial charge in [0.05, 0.1) is 18.7 Å². The standard InChI is InChI=1S/C19H25F3N6O2.HI/c1-2-23-18(27-14-6-7-17-25-12-26-28(17)10-14)24-9-15(29)11-30-16-5-3-4-13(8-16)19(20,21)22;/h3-5,8,12,14-15,29H,2,6-7,9-11H2,1H3,(H2,23,24,27);1H. The van der Waals surface area contributed by atoms with Crippen molar-refractivity contribution in [3.05, 3.63) is 42.0 Å². The van der Waals surface area contributed by atoms with Crippen LogP contribution in [-0.4, -0.2) is 57.7 Å². The number of aliphatic imine (C=N–C) groups is 1. The fourth-order valence-electron chi connectivity index (χ4n) is 3.07. The van der Waals surface area contributed by atoms with Gasteiger partial charge in [0.15, 0.2) is 5.96 Å². The van der Waals surface area contributed by atoms with Crippen LogP contribution in [0.2, 0.25) is 0 Å². The van der Waals surface area contributed by atoms with Crippen LogP contribution in [0.1, 0.15) is 24.7 Å². The molecule has 1 aromatic heterocycles. The molecule has 31 heavy (non-hydrogen) atoms. The topological polar surface area (TPSA) is 96.6 Å². The molecule has 3 rings (SSSR count). The van der Waals surface area contributed by atoms with Gasteiger partial charge in [0.25, 0.3) is 0 Å². The Morgan fingerprint density at radius 3 is 2.97 bits per heavy atom. The van der Waals surface area contributed by atoms with E-state index in [0.29, 0.717) is 19.0 Å². The molecule has 1 aliphatic rings. The van der Waals surface area contributed by atoms with E-state index in [-0.39, 0.29) is 48.9 Å². The average molecular weight is 554 g/mol. The van der Waals surface area contributed by atoms with Gasteiger partial charge >= 0.3 is 6.18 Å². The van der Waals surface area contributed by atoms with E-state index >= 15 is 0 Å². The van der Waals surface area contributed by atoms with Gasteiger partial charge < -0.3 is 20.5 Å². The number of rotatable bonds is 7. The number of halogens is 4. The predicted octanol–water partition coefficient (Wildman–Crippen LogP) is 2.22. The molecule has 8 nitrogen and oxygen atoms in total. The predicted molar refractivity (Wildman–Crippen MR) is 120 cm³/mol. The fraction of sp³-hybridized carbons (Fsp3) is 0.526. The van der Waals surface area contributed by atoms with E-state index in [0.717, 1.165) is 30.8 Å². The van der Waals surface area contributed by atoms with Gasteiger partial charge in [0, 0.05) is 19.0 Å². The summed E-state index contributed by atoms with van der Waals surface area (Å²) in [5, 5.41) is 20.8. The Labute approximate surface area is 195 Å². The Morgan fingerprint density at radius 1 is 1.42 bits per heavy atom. The molecule has 1 aliphatic heterocycles. The van der Waals surface area contributed by atoms with E-state index in [1.165, 1.54) is 18.5 Å². The maximum Gasteiger partial charge on any atom is 0.416 e. The minimum Gasteiger partial charge on any atom is -0.491 e. The molecular formula is C19H26F3IN6O2. The van der Waals surface area contributed by atoms with Crippen LogP contribution in [0.25, 0.3) is 0 Å². The van der Waals surface area contributed by atoms with Crippen molar-refractivity contribution in [3.63, 3.8) is 0 Å². The maximum absolute atomic E-state index is 12.8. The van der Waals surface area contributed by atoms with Crippen LogP contribution >= 0.6 is 24.0 Å². The molecule has 0 radical (unpaired) electrons. The quantitative estimate of drug-likeness (QED) is 0.276. The fourth-order valence-corrected chi connectivity index (χ4v) is 3.07. The van der Waals surface area contributed by atoms with Crippen molar-refractivity contribution in [1.29, 1.82) is 0 Å². The molecule has 2 heterocycles. The third-order valence-electron chi connectivity index (χ3n) is 4.55. The zero-order chi connectivity index (χ0) is 21.6. The lowest BCUT2D eigenvalue weighted by molar-refractivity contribution is -0.137. The largest absolute Gasteiger partial charge is 0.491 e. The summed E-state index contributed by atoms with van der Waals surface area (Å²) in [5.74, 6) is 1.55. The lowest BCUT2D eigenvalue weighted by Crippen LogP contribution is -2.47. The molecule has 172 valence electrons. The number of nitrogens with zero attached hydrogens (tertiary/aromatic N) is 4. The van der Waals surface area contributed by atoms with Gasteiger partial charge in [-0.15, -0.1) is 24.0 Å². The molecule has 2 atom stereocenters. The zero-order valence-electron chi connectivity index (χ0n) is 17.0. The van der Waals surface area contributed by atoms with E-state index < -0.39 is 17.8 Å². The first-order chi connectivity index (χ1) is 14.3. The lowest BCUT2D eigenvalue weighted by Gasteiger charge is -2.25. The summed E-state index contributed by atoms with van der Waals surface area (Å²) in [5.41, 5.74) is -0.797. The number of benzene rings is 1. The zero-order valence-corrected chi connectivity index (χ0v) is 19.3. The highest BCUT2D eigenvalue weighted by Gasteiger charge is 2.30. The van der Waals surface area contributed by atoms with E-state index in [9.17, 15) is 18.3 Å². The van der Waals surface area contributed by atoms with Gasteiger partial charge in [-0.05, 0) is 31.5 Å². The van der Waals surface area contributed by atoms with Crippen molar-refractivity contribution in [3.8, 4) is 5.75 Å². The molecule has 0 spiro atoms. The van der Waals surface area contributed by atoms with E-state index in [4.69, 9.17) is 4.74 Å². The summed E-state index contributed by atoms with van der Waals surface area (Å²) in [6, 6.07) is 4.67. The highest BCUT2D eigenvalue weighted by molar-refractivity contribution is 14.0. The first kappa shape index (κ1) is 25.2. The van der Waals surface area contributed by atoms with Crippen molar-refractivity contribution < 1.29 is 23.0 Å². The second-order valence-corrected chi connectivity index (χ2v) is 6.95. The summed E-state index contributed by atoms with van der Waals surface area (Å²) in [6.45, 7) is 3.11. The molecule has 1 aromatic carbocycles. The lowest BCUT2D eigenvalue weighted by atomic mass is 10.1. The monoisotopic (exact) mass is 554 g/mol. The van der Waals surface area contributed by atoms with Crippen molar-refractivity contribution in [2.75, 3.05) is 19.7 Å². The van der Waals surface area contributed by atoms with Crippen LogP contribution in [0.3, 0.4) is 0 Å². The third kappa shape index (κ3) is 7.52. The molecule has 0 saturated heterocycles. The van der Waals surface area contributed by atoms with Crippen molar-refractivity contribution >= 4 is 29.9 Å². The summed E-state index contributed by atoms with van der Waals surface area (Å²) >= 11 is 0. The van der Waals surface area contributed by atoms with E-state index in [1.54, 1.807) is 0 Å². The van der Waals surface area contributed by atoms with Gasteiger partial charge in [-0.25, -0.2) is 9.67 Å². The molecule has 2 aromatic rings. The minimum atomic E-state index is -4.44. The smallest absolute Gasteiger partial charge is 0.416 e. The molecule has 0 fully saturated rings. The van der Waals surface area contributed by atoms with Crippen LogP contribution in [0.4, 0.5) is 13.2 Å². The van der Waals surface area contributed by atoms with E-state index in [2.05, 4.69) is 25.7 Å². The number of ether oxygens (including phenoxy) is 1. The number of hydrogen-bond acceptors (Lipinski definition) is 5. The van der Waals surface area contributed by atoms with Gasteiger partial charge in [-0.1, -0.05) is 6.07 Å². The van der Waals surface area contributed by atoms with Gasteiger partial charge in [0.2, 0.25) is 0 Å². The Bertz CT molecular complexity index is 861. The highest BCUT2D eigenvalue weighted by Crippen LogP contribution is 2.31. The highest BCUT2D eigenvalue weighted by atomic mass is 127. The molecule has 2 unspecified atom stereocenters. The molecule has 3 N–H and O–H groups in total. The number of fused-ring (bicyclic) bond motifs is 1. The molecule has 0 aliphatic carbocycles. The number of aryl methyl sites for hydroxylation is 1. The normalized spacial score (nSPS) is 17.3. The number of aromatic nitrogens is 3. The minimum absolute atomic E-state index is 0. The number of aliphatic hydroxyl groups excluding tert-OH is 1. The van der Waals surface area contributed by atoms with Gasteiger partial charge in [0.1, 0.15) is 30.6 Å². The Hall–Kier alpha value is -2.09. The molecule has 0 amide bonds. The SMILES string of the molecule is CCNC(=NCC(O)COc1cccc(C(F)(F)F)c1)NC1CCc2ncnn2C1.I.